The summed E-state index contributed by atoms with van der Waals surface area (Å²) < 4.78 is 5.81. The predicted octanol–water partition coefficient (Wildman–Crippen LogP) is 6.42. The lowest BCUT2D eigenvalue weighted by Crippen LogP contribution is -2.17. The van der Waals surface area contributed by atoms with Crippen LogP contribution in [0.2, 0.25) is 10.0 Å². The molecule has 0 heterocycles. The monoisotopic (exact) mass is 385 g/mol. The zero-order valence-electron chi connectivity index (χ0n) is 14.6. The van der Waals surface area contributed by atoms with Crippen LogP contribution in [-0.2, 0) is 13.2 Å². The fourth-order valence-electron chi connectivity index (χ4n) is 2.63. The molecule has 1 N–H and O–H groups in total. The van der Waals surface area contributed by atoms with Gasteiger partial charge in [0.1, 0.15) is 12.4 Å². The fourth-order valence-corrected chi connectivity index (χ4v) is 3.10. The lowest BCUT2D eigenvalue weighted by molar-refractivity contribution is 0.306. The molecule has 3 aromatic carbocycles. The Labute approximate surface area is 164 Å². The lowest BCUT2D eigenvalue weighted by Gasteiger charge is -2.14. The molecule has 3 rings (SSSR count). The molecule has 0 aliphatic rings. The van der Waals surface area contributed by atoms with Gasteiger partial charge in [0.15, 0.2) is 0 Å². The first-order chi connectivity index (χ1) is 12.6. The van der Waals surface area contributed by atoms with Gasteiger partial charge in [0, 0.05) is 28.2 Å². The van der Waals surface area contributed by atoms with Crippen molar-refractivity contribution in [3.8, 4) is 5.75 Å². The van der Waals surface area contributed by atoms with Gasteiger partial charge in [-0.15, -0.1) is 0 Å². The molecule has 0 amide bonds. The molecule has 0 radical (unpaired) electrons. The molecule has 4 heteroatoms. The molecule has 0 unspecified atom stereocenters. The molecule has 0 bridgehead atoms. The Kier molecular flexibility index (Phi) is 6.56. The number of nitrogens with one attached hydrogen (secondary N) is 1. The van der Waals surface area contributed by atoms with Crippen molar-refractivity contribution in [3.05, 3.63) is 99.5 Å². The maximum Gasteiger partial charge on any atom is 0.119 e. The smallest absolute Gasteiger partial charge is 0.119 e. The Balaban J connectivity index is 1.52. The summed E-state index contributed by atoms with van der Waals surface area (Å²) in [5.74, 6) is 0.816. The van der Waals surface area contributed by atoms with Crippen LogP contribution in [0.1, 0.15) is 29.7 Å². The van der Waals surface area contributed by atoms with Gasteiger partial charge >= 0.3 is 0 Å². The molecule has 0 fully saturated rings. The van der Waals surface area contributed by atoms with Crippen molar-refractivity contribution in [1.29, 1.82) is 0 Å². The van der Waals surface area contributed by atoms with E-state index >= 15 is 0 Å². The predicted molar refractivity (Wildman–Crippen MR) is 109 cm³/mol. The third kappa shape index (κ3) is 5.25. The zero-order chi connectivity index (χ0) is 18.4. The summed E-state index contributed by atoms with van der Waals surface area (Å²) in [5, 5.41) is 4.78. The van der Waals surface area contributed by atoms with Crippen molar-refractivity contribution in [3.63, 3.8) is 0 Å². The van der Waals surface area contributed by atoms with E-state index in [9.17, 15) is 0 Å². The van der Waals surface area contributed by atoms with Crippen LogP contribution in [0.3, 0.4) is 0 Å². The number of hydrogen-bond acceptors (Lipinski definition) is 2. The molecule has 0 saturated heterocycles. The lowest BCUT2D eigenvalue weighted by atomic mass is 10.1. The van der Waals surface area contributed by atoms with Gasteiger partial charge in [-0.25, -0.2) is 0 Å². The van der Waals surface area contributed by atoms with Crippen molar-refractivity contribution in [2.24, 2.45) is 0 Å². The maximum atomic E-state index is 6.17. The first-order valence-corrected chi connectivity index (χ1v) is 9.31. The molecule has 26 heavy (non-hydrogen) atoms. The number of halogens is 2. The van der Waals surface area contributed by atoms with E-state index in [-0.39, 0.29) is 0 Å². The Hall–Kier alpha value is -2.00. The standard InChI is InChI=1S/C22H21Cl2NO/c1-16(18-5-3-2-4-6-18)25-14-17-7-11-21(12-8-17)26-15-19-9-10-20(23)13-22(19)24/h2-13,16,25H,14-15H2,1H3/t16-/m1/s1. The van der Waals surface area contributed by atoms with Crippen molar-refractivity contribution in [2.45, 2.75) is 26.1 Å². The van der Waals surface area contributed by atoms with Gasteiger partial charge in [0.25, 0.3) is 0 Å². The van der Waals surface area contributed by atoms with Crippen LogP contribution in [0.25, 0.3) is 0 Å². The van der Waals surface area contributed by atoms with E-state index in [2.05, 4.69) is 48.6 Å². The Bertz CT molecular complexity index is 835. The molecule has 0 aliphatic carbocycles. The van der Waals surface area contributed by atoms with Crippen molar-refractivity contribution in [2.75, 3.05) is 0 Å². The summed E-state index contributed by atoms with van der Waals surface area (Å²) in [6.07, 6.45) is 0. The van der Waals surface area contributed by atoms with Crippen LogP contribution in [0, 0.1) is 0 Å². The summed E-state index contributed by atoms with van der Waals surface area (Å²) in [6, 6.07) is 24.3. The molecule has 0 aromatic heterocycles. The molecule has 0 spiro atoms. The Morgan fingerprint density at radius 3 is 2.35 bits per heavy atom. The fraction of sp³-hybridized carbons (Fsp3) is 0.182. The van der Waals surface area contributed by atoms with Gasteiger partial charge in [-0.3, -0.25) is 0 Å². The third-order valence-corrected chi connectivity index (χ3v) is 4.83. The second-order valence-electron chi connectivity index (χ2n) is 6.18. The van der Waals surface area contributed by atoms with Gasteiger partial charge in [-0.2, -0.15) is 0 Å². The van der Waals surface area contributed by atoms with Gasteiger partial charge < -0.3 is 10.1 Å². The second-order valence-corrected chi connectivity index (χ2v) is 7.03. The van der Waals surface area contributed by atoms with E-state index in [1.165, 1.54) is 11.1 Å². The SMILES string of the molecule is C[C@@H](NCc1ccc(OCc2ccc(Cl)cc2Cl)cc1)c1ccccc1. The minimum atomic E-state index is 0.305. The summed E-state index contributed by atoms with van der Waals surface area (Å²) >= 11 is 12.1. The number of ether oxygens (including phenoxy) is 1. The minimum Gasteiger partial charge on any atom is -0.489 e. The van der Waals surface area contributed by atoms with E-state index in [0.717, 1.165) is 17.9 Å². The highest BCUT2D eigenvalue weighted by Crippen LogP contribution is 2.23. The molecule has 1 atom stereocenters. The molecule has 3 aromatic rings. The molecule has 134 valence electrons. The minimum absolute atomic E-state index is 0.305. The third-order valence-electron chi connectivity index (χ3n) is 4.24. The molecule has 0 saturated carbocycles. The number of rotatable bonds is 7. The van der Waals surface area contributed by atoms with E-state index in [4.69, 9.17) is 27.9 Å². The highest BCUT2D eigenvalue weighted by Gasteiger charge is 2.05. The first kappa shape index (κ1) is 18.8. The Morgan fingerprint density at radius 1 is 0.923 bits per heavy atom. The van der Waals surface area contributed by atoms with Crippen LogP contribution in [0.4, 0.5) is 0 Å². The zero-order valence-corrected chi connectivity index (χ0v) is 16.1. The summed E-state index contributed by atoms with van der Waals surface area (Å²) in [7, 11) is 0. The van der Waals surface area contributed by atoms with Crippen molar-refractivity contribution >= 4 is 23.2 Å². The van der Waals surface area contributed by atoms with Gasteiger partial charge in [0.2, 0.25) is 0 Å². The van der Waals surface area contributed by atoms with E-state index in [0.29, 0.717) is 22.7 Å². The Morgan fingerprint density at radius 2 is 1.65 bits per heavy atom. The molecular weight excluding hydrogens is 365 g/mol. The van der Waals surface area contributed by atoms with Crippen LogP contribution >= 0.6 is 23.2 Å². The van der Waals surface area contributed by atoms with Crippen LogP contribution < -0.4 is 10.1 Å². The average molecular weight is 386 g/mol. The maximum absolute atomic E-state index is 6.17. The topological polar surface area (TPSA) is 21.3 Å². The van der Waals surface area contributed by atoms with Crippen LogP contribution in [0.5, 0.6) is 5.75 Å². The summed E-state index contributed by atoms with van der Waals surface area (Å²) in [5.41, 5.74) is 3.41. The highest BCUT2D eigenvalue weighted by atomic mass is 35.5. The number of hydrogen-bond donors (Lipinski definition) is 1. The largest absolute Gasteiger partial charge is 0.489 e. The summed E-state index contributed by atoms with van der Waals surface area (Å²) in [6.45, 7) is 3.39. The van der Waals surface area contributed by atoms with Crippen LogP contribution in [0.15, 0.2) is 72.8 Å². The average Bonchev–Trinajstić information content (AvgIpc) is 2.67. The molecular formula is C22H21Cl2NO. The van der Waals surface area contributed by atoms with Crippen molar-refractivity contribution < 1.29 is 4.74 Å². The molecule has 2 nitrogen and oxygen atoms in total. The normalized spacial score (nSPS) is 12.0. The number of benzene rings is 3. The highest BCUT2D eigenvalue weighted by molar-refractivity contribution is 6.35. The van der Waals surface area contributed by atoms with Gasteiger partial charge in [-0.05, 0) is 42.3 Å². The van der Waals surface area contributed by atoms with Crippen molar-refractivity contribution in [1.82, 2.24) is 5.32 Å². The van der Waals surface area contributed by atoms with E-state index in [1.54, 1.807) is 6.07 Å². The van der Waals surface area contributed by atoms with Crippen LogP contribution in [-0.4, -0.2) is 0 Å². The van der Waals surface area contributed by atoms with E-state index in [1.807, 2.05) is 30.3 Å². The first-order valence-electron chi connectivity index (χ1n) is 8.56. The summed E-state index contributed by atoms with van der Waals surface area (Å²) in [4.78, 5) is 0. The second kappa shape index (κ2) is 9.09. The van der Waals surface area contributed by atoms with Gasteiger partial charge in [-0.1, -0.05) is 71.7 Å². The van der Waals surface area contributed by atoms with E-state index < -0.39 is 0 Å². The quantitative estimate of drug-likeness (QED) is 0.506. The van der Waals surface area contributed by atoms with Gasteiger partial charge in [0.05, 0.1) is 0 Å². The molecule has 0 aliphatic heterocycles.